The van der Waals surface area contributed by atoms with Gasteiger partial charge < -0.3 is 4.42 Å². The van der Waals surface area contributed by atoms with E-state index in [1.807, 2.05) is 6.07 Å². The van der Waals surface area contributed by atoms with Crippen LogP contribution in [0.1, 0.15) is 70.7 Å². The van der Waals surface area contributed by atoms with Crippen molar-refractivity contribution in [2.45, 2.75) is 63.5 Å². The normalized spacial score (nSPS) is 14.7. The van der Waals surface area contributed by atoms with Crippen LogP contribution < -0.4 is 15.6 Å². The zero-order chi connectivity index (χ0) is 21.2. The maximum Gasteiger partial charge on any atom is 0.305 e. The summed E-state index contributed by atoms with van der Waals surface area (Å²) in [7, 11) is -3.89. The first-order valence-corrected chi connectivity index (χ1v) is 11.7. The maximum atomic E-state index is 12.4. The molecule has 0 aromatic carbocycles. The van der Waals surface area contributed by atoms with Gasteiger partial charge in [0.25, 0.3) is 15.9 Å². The summed E-state index contributed by atoms with van der Waals surface area (Å²) in [5, 5.41) is -0.370. The Hall–Kier alpha value is -2.17. The van der Waals surface area contributed by atoms with Crippen molar-refractivity contribution >= 4 is 33.2 Å². The highest BCUT2D eigenvalue weighted by molar-refractivity contribution is 7.89. The number of hydrazine groups is 1. The van der Waals surface area contributed by atoms with E-state index in [1.165, 1.54) is 40.3 Å². The molecule has 0 radical (unpaired) electrons. The van der Waals surface area contributed by atoms with Crippen LogP contribution in [0.5, 0.6) is 0 Å². The van der Waals surface area contributed by atoms with Crippen LogP contribution in [0.15, 0.2) is 27.7 Å². The van der Waals surface area contributed by atoms with Crippen molar-refractivity contribution in [3.05, 3.63) is 39.3 Å². The van der Waals surface area contributed by atoms with Gasteiger partial charge in [-0.05, 0) is 70.2 Å². The number of fused-ring (bicyclic) bond motifs is 1. The molecule has 1 aliphatic rings. The van der Waals surface area contributed by atoms with E-state index >= 15 is 0 Å². The fourth-order valence-electron chi connectivity index (χ4n) is 3.06. The van der Waals surface area contributed by atoms with Gasteiger partial charge in [-0.2, -0.15) is 0 Å². The Kier molecular flexibility index (Phi) is 6.16. The molecule has 3 N–H and O–H groups in total. The van der Waals surface area contributed by atoms with E-state index in [-0.39, 0.29) is 10.9 Å². The predicted molar refractivity (Wildman–Crippen MR) is 109 cm³/mol. The summed E-state index contributed by atoms with van der Waals surface area (Å²) in [6, 6.07) is 4.32. The predicted octanol–water partition coefficient (Wildman–Crippen LogP) is 2.76. The Labute approximate surface area is 174 Å². The molecule has 0 fully saturated rings. The van der Waals surface area contributed by atoms with Gasteiger partial charge >= 0.3 is 5.91 Å². The maximum absolute atomic E-state index is 12.4. The average molecular weight is 440 g/mol. The molecule has 0 aliphatic heterocycles. The lowest BCUT2D eigenvalue weighted by atomic mass is 10.1. The van der Waals surface area contributed by atoms with Gasteiger partial charge in [-0.3, -0.25) is 20.4 Å². The fraction of sp³-hybridized carbons (Fsp3) is 0.474. The van der Waals surface area contributed by atoms with Gasteiger partial charge in [0.1, 0.15) is 0 Å². The second-order valence-electron chi connectivity index (χ2n) is 8.00. The summed E-state index contributed by atoms with van der Waals surface area (Å²) < 4.78 is 32.1. The number of thiophene rings is 1. The summed E-state index contributed by atoms with van der Waals surface area (Å²) in [5.41, 5.74) is 5.13. The van der Waals surface area contributed by atoms with Gasteiger partial charge in [0.05, 0.1) is 4.88 Å². The van der Waals surface area contributed by atoms with Crippen molar-refractivity contribution in [1.82, 2.24) is 15.6 Å². The lowest BCUT2D eigenvalue weighted by molar-refractivity contribution is 0.0829. The second-order valence-corrected chi connectivity index (χ2v) is 10.8. The molecule has 0 spiro atoms. The van der Waals surface area contributed by atoms with Gasteiger partial charge in [-0.1, -0.05) is 6.42 Å². The number of aryl methyl sites for hydroxylation is 2. The van der Waals surface area contributed by atoms with Crippen LogP contribution in [0, 0.1) is 0 Å². The van der Waals surface area contributed by atoms with Gasteiger partial charge in [-0.15, -0.1) is 11.3 Å². The number of sulfonamides is 1. The largest absolute Gasteiger partial charge is 0.438 e. The van der Waals surface area contributed by atoms with E-state index in [0.29, 0.717) is 4.88 Å². The number of rotatable bonds is 4. The van der Waals surface area contributed by atoms with E-state index in [2.05, 4.69) is 15.6 Å². The molecule has 2 amide bonds. The molecule has 8 nitrogen and oxygen atoms in total. The van der Waals surface area contributed by atoms with Crippen LogP contribution in [0.3, 0.4) is 0 Å². The smallest absolute Gasteiger partial charge is 0.305 e. The molecule has 10 heteroatoms. The van der Waals surface area contributed by atoms with Crippen molar-refractivity contribution in [1.29, 1.82) is 0 Å². The molecule has 0 atom stereocenters. The quantitative estimate of drug-likeness (QED) is 0.500. The Morgan fingerprint density at radius 2 is 1.72 bits per heavy atom. The summed E-state index contributed by atoms with van der Waals surface area (Å²) >= 11 is 1.44. The minimum Gasteiger partial charge on any atom is -0.438 e. The van der Waals surface area contributed by atoms with Crippen LogP contribution in [-0.2, 0) is 22.9 Å². The van der Waals surface area contributed by atoms with Crippen LogP contribution >= 0.6 is 11.3 Å². The number of hydrogen-bond acceptors (Lipinski definition) is 6. The molecule has 0 unspecified atom stereocenters. The molecule has 29 heavy (non-hydrogen) atoms. The molecule has 2 heterocycles. The van der Waals surface area contributed by atoms with Crippen molar-refractivity contribution in [3.8, 4) is 0 Å². The van der Waals surface area contributed by atoms with E-state index in [0.717, 1.165) is 25.7 Å². The molecule has 2 aromatic rings. The van der Waals surface area contributed by atoms with Crippen molar-refractivity contribution < 1.29 is 22.4 Å². The number of hydrogen-bond donors (Lipinski definition) is 3. The first-order valence-electron chi connectivity index (χ1n) is 9.41. The highest BCUT2D eigenvalue weighted by atomic mass is 32.2. The standard InChI is InChI=1S/C19H25N3O5S2/c1-19(2,3)22-29(25,26)16-10-9-13(27-16)17(23)20-21-18(24)15-11-12-7-5-4-6-8-14(12)28-15/h9-11,22H,4-8H2,1-3H3,(H,20,23)(H,21,24). The zero-order valence-electron chi connectivity index (χ0n) is 16.6. The molecule has 158 valence electrons. The van der Waals surface area contributed by atoms with Crippen molar-refractivity contribution in [3.63, 3.8) is 0 Å². The first kappa shape index (κ1) is 21.5. The number of amides is 2. The van der Waals surface area contributed by atoms with E-state index in [4.69, 9.17) is 4.42 Å². The fourth-order valence-corrected chi connectivity index (χ4v) is 5.56. The molecule has 0 saturated carbocycles. The van der Waals surface area contributed by atoms with Gasteiger partial charge in [-0.25, -0.2) is 13.1 Å². The molecule has 2 aromatic heterocycles. The molecule has 0 saturated heterocycles. The van der Waals surface area contributed by atoms with Crippen LogP contribution in [0.25, 0.3) is 0 Å². The van der Waals surface area contributed by atoms with Gasteiger partial charge in [0, 0.05) is 10.4 Å². The first-order chi connectivity index (χ1) is 13.5. The Bertz CT molecular complexity index is 992. The minimum atomic E-state index is -3.89. The lowest BCUT2D eigenvalue weighted by Crippen LogP contribution is -2.41. The number of carbonyl (C=O) groups excluding carboxylic acids is 2. The van der Waals surface area contributed by atoms with Gasteiger partial charge in [0.15, 0.2) is 5.76 Å². The zero-order valence-corrected chi connectivity index (χ0v) is 18.3. The Morgan fingerprint density at radius 3 is 2.45 bits per heavy atom. The number of nitrogens with one attached hydrogen (secondary N) is 3. The van der Waals surface area contributed by atoms with Crippen LogP contribution in [0.4, 0.5) is 0 Å². The Morgan fingerprint density at radius 1 is 1.03 bits per heavy atom. The topological polar surface area (TPSA) is 118 Å². The molecule has 0 bridgehead atoms. The molecule has 1 aliphatic carbocycles. The average Bonchev–Trinajstić information content (AvgIpc) is 3.21. The van der Waals surface area contributed by atoms with Gasteiger partial charge in [0.2, 0.25) is 5.09 Å². The SMILES string of the molecule is CC(C)(C)NS(=O)(=O)c1ccc(C(=O)NNC(=O)c2cc3c(s2)CCCCC3)o1. The summed E-state index contributed by atoms with van der Waals surface area (Å²) in [6.45, 7) is 5.09. The third-order valence-corrected chi connectivity index (χ3v) is 7.14. The third kappa shape index (κ3) is 5.46. The van der Waals surface area contributed by atoms with Crippen LogP contribution in [0.2, 0.25) is 0 Å². The molecular weight excluding hydrogens is 414 g/mol. The lowest BCUT2D eigenvalue weighted by Gasteiger charge is -2.18. The number of furan rings is 1. The highest BCUT2D eigenvalue weighted by Crippen LogP contribution is 2.28. The van der Waals surface area contributed by atoms with Crippen LogP contribution in [-0.4, -0.2) is 25.8 Å². The molecular formula is C19H25N3O5S2. The summed E-state index contributed by atoms with van der Waals surface area (Å²) in [4.78, 5) is 26.3. The summed E-state index contributed by atoms with van der Waals surface area (Å²) in [5.74, 6) is -1.37. The summed E-state index contributed by atoms with van der Waals surface area (Å²) in [6.07, 6.45) is 5.39. The molecule has 3 rings (SSSR count). The monoisotopic (exact) mass is 439 g/mol. The third-order valence-electron chi connectivity index (χ3n) is 4.27. The number of carbonyl (C=O) groups is 2. The van der Waals surface area contributed by atoms with E-state index in [9.17, 15) is 18.0 Å². The van der Waals surface area contributed by atoms with E-state index < -0.39 is 27.4 Å². The highest BCUT2D eigenvalue weighted by Gasteiger charge is 2.26. The minimum absolute atomic E-state index is 0.221. The Balaban J connectivity index is 1.61. The van der Waals surface area contributed by atoms with E-state index in [1.54, 1.807) is 20.8 Å². The van der Waals surface area contributed by atoms with Crippen molar-refractivity contribution in [2.24, 2.45) is 0 Å². The second kappa shape index (κ2) is 8.29. The van der Waals surface area contributed by atoms with Crippen molar-refractivity contribution in [2.75, 3.05) is 0 Å².